The largest absolute Gasteiger partial charge is 0.497 e. The van der Waals surface area contributed by atoms with Gasteiger partial charge in [0.25, 0.3) is 0 Å². The Morgan fingerprint density at radius 1 is 1.04 bits per heavy atom. The molecule has 6 heteroatoms. The minimum atomic E-state index is -0.0959. The van der Waals surface area contributed by atoms with Gasteiger partial charge in [-0.15, -0.1) is 0 Å². The standard InChI is InChI=1S/C19H21NO5/c1-22-14-5-7-16(23-2)15(12-14)20-19(21)8-4-13-3-6-17-18(11-13)25-10-9-24-17/h3,5-7,11-12H,4,8-10H2,1-2H3,(H,20,21). The molecule has 0 unspecified atom stereocenters. The van der Waals surface area contributed by atoms with E-state index in [9.17, 15) is 4.79 Å². The summed E-state index contributed by atoms with van der Waals surface area (Å²) < 4.78 is 21.5. The van der Waals surface area contributed by atoms with Crippen LogP contribution in [0.2, 0.25) is 0 Å². The van der Waals surface area contributed by atoms with Crippen LogP contribution in [0.3, 0.4) is 0 Å². The number of nitrogens with one attached hydrogen (secondary N) is 1. The van der Waals surface area contributed by atoms with Gasteiger partial charge < -0.3 is 24.3 Å². The van der Waals surface area contributed by atoms with E-state index < -0.39 is 0 Å². The third kappa shape index (κ3) is 4.15. The number of carbonyl (C=O) groups is 1. The topological polar surface area (TPSA) is 66.0 Å². The third-order valence-corrected chi connectivity index (χ3v) is 3.93. The van der Waals surface area contributed by atoms with Crippen molar-refractivity contribution in [1.29, 1.82) is 0 Å². The molecule has 3 rings (SSSR count). The number of benzene rings is 2. The molecule has 1 heterocycles. The highest BCUT2D eigenvalue weighted by Gasteiger charge is 2.13. The first-order chi connectivity index (χ1) is 12.2. The van der Waals surface area contributed by atoms with Crippen LogP contribution in [0, 0.1) is 0 Å². The van der Waals surface area contributed by atoms with Gasteiger partial charge in [-0.05, 0) is 36.2 Å². The van der Waals surface area contributed by atoms with Crippen molar-refractivity contribution in [3.8, 4) is 23.0 Å². The van der Waals surface area contributed by atoms with E-state index >= 15 is 0 Å². The molecular formula is C19H21NO5. The van der Waals surface area contributed by atoms with E-state index in [0.717, 1.165) is 17.1 Å². The number of aryl methyl sites for hydroxylation is 1. The second-order valence-electron chi connectivity index (χ2n) is 5.59. The van der Waals surface area contributed by atoms with Crippen molar-refractivity contribution in [3.63, 3.8) is 0 Å². The van der Waals surface area contributed by atoms with E-state index in [0.29, 0.717) is 43.2 Å². The van der Waals surface area contributed by atoms with Crippen LogP contribution in [0.4, 0.5) is 5.69 Å². The quantitative estimate of drug-likeness (QED) is 0.873. The Balaban J connectivity index is 1.61. The first kappa shape index (κ1) is 17.0. The molecule has 132 valence electrons. The number of carbonyl (C=O) groups excluding carboxylic acids is 1. The molecule has 0 saturated heterocycles. The van der Waals surface area contributed by atoms with Crippen molar-refractivity contribution < 1.29 is 23.7 Å². The number of rotatable bonds is 6. The van der Waals surface area contributed by atoms with Crippen LogP contribution in [-0.4, -0.2) is 33.3 Å². The van der Waals surface area contributed by atoms with Gasteiger partial charge in [0.2, 0.25) is 5.91 Å². The number of ether oxygens (including phenoxy) is 4. The Morgan fingerprint density at radius 2 is 1.84 bits per heavy atom. The van der Waals surface area contributed by atoms with Gasteiger partial charge in [-0.1, -0.05) is 6.07 Å². The molecule has 0 bridgehead atoms. The van der Waals surface area contributed by atoms with E-state index in [1.54, 1.807) is 32.4 Å². The van der Waals surface area contributed by atoms with Gasteiger partial charge in [0, 0.05) is 12.5 Å². The number of hydrogen-bond donors (Lipinski definition) is 1. The van der Waals surface area contributed by atoms with Crippen molar-refractivity contribution in [2.75, 3.05) is 32.8 Å². The summed E-state index contributed by atoms with van der Waals surface area (Å²) in [4.78, 5) is 12.3. The predicted molar refractivity (Wildman–Crippen MR) is 93.9 cm³/mol. The molecule has 0 spiro atoms. The lowest BCUT2D eigenvalue weighted by atomic mass is 10.1. The zero-order valence-corrected chi connectivity index (χ0v) is 14.3. The molecule has 0 atom stereocenters. The minimum absolute atomic E-state index is 0.0959. The first-order valence-corrected chi connectivity index (χ1v) is 8.10. The molecule has 0 aliphatic carbocycles. The van der Waals surface area contributed by atoms with Crippen LogP contribution in [0.5, 0.6) is 23.0 Å². The SMILES string of the molecule is COc1ccc(OC)c(NC(=O)CCc2ccc3c(c2)OCCO3)c1. The average Bonchev–Trinajstić information content (AvgIpc) is 2.66. The molecule has 0 aromatic heterocycles. The highest BCUT2D eigenvalue weighted by molar-refractivity contribution is 5.92. The van der Waals surface area contributed by atoms with Crippen molar-refractivity contribution in [2.24, 2.45) is 0 Å². The van der Waals surface area contributed by atoms with Crippen molar-refractivity contribution in [1.82, 2.24) is 0 Å². The van der Waals surface area contributed by atoms with Gasteiger partial charge in [-0.2, -0.15) is 0 Å². The van der Waals surface area contributed by atoms with Crippen LogP contribution in [0.1, 0.15) is 12.0 Å². The van der Waals surface area contributed by atoms with Gasteiger partial charge in [-0.3, -0.25) is 4.79 Å². The Morgan fingerprint density at radius 3 is 2.60 bits per heavy atom. The van der Waals surface area contributed by atoms with Crippen LogP contribution in [-0.2, 0) is 11.2 Å². The van der Waals surface area contributed by atoms with E-state index in [4.69, 9.17) is 18.9 Å². The summed E-state index contributed by atoms with van der Waals surface area (Å²) in [5, 5.41) is 2.87. The van der Waals surface area contributed by atoms with E-state index in [1.165, 1.54) is 0 Å². The van der Waals surface area contributed by atoms with Crippen LogP contribution in [0.25, 0.3) is 0 Å². The van der Waals surface area contributed by atoms with Gasteiger partial charge in [0.15, 0.2) is 11.5 Å². The zero-order chi connectivity index (χ0) is 17.6. The van der Waals surface area contributed by atoms with Gasteiger partial charge in [0.1, 0.15) is 24.7 Å². The minimum Gasteiger partial charge on any atom is -0.497 e. The first-order valence-electron chi connectivity index (χ1n) is 8.10. The monoisotopic (exact) mass is 343 g/mol. The lowest BCUT2D eigenvalue weighted by molar-refractivity contribution is -0.116. The number of hydrogen-bond acceptors (Lipinski definition) is 5. The summed E-state index contributed by atoms with van der Waals surface area (Å²) in [7, 11) is 3.14. The molecule has 1 amide bonds. The Bertz CT molecular complexity index is 759. The predicted octanol–water partition coefficient (Wildman–Crippen LogP) is 3.05. The molecule has 25 heavy (non-hydrogen) atoms. The molecule has 0 saturated carbocycles. The summed E-state index contributed by atoms with van der Waals surface area (Å²) in [6.07, 6.45) is 0.953. The number of methoxy groups -OCH3 is 2. The highest BCUT2D eigenvalue weighted by Crippen LogP contribution is 2.31. The Kier molecular flexibility index (Phi) is 5.28. The van der Waals surface area contributed by atoms with Crippen LogP contribution >= 0.6 is 0 Å². The molecule has 0 fully saturated rings. The molecular weight excluding hydrogens is 322 g/mol. The summed E-state index contributed by atoms with van der Waals surface area (Å²) in [6.45, 7) is 1.11. The molecule has 1 aliphatic heterocycles. The van der Waals surface area contributed by atoms with Crippen molar-refractivity contribution in [3.05, 3.63) is 42.0 Å². The average molecular weight is 343 g/mol. The number of amides is 1. The van der Waals surface area contributed by atoms with E-state index in [1.807, 2.05) is 18.2 Å². The fourth-order valence-corrected chi connectivity index (χ4v) is 2.63. The Hall–Kier alpha value is -2.89. The van der Waals surface area contributed by atoms with Gasteiger partial charge in [-0.25, -0.2) is 0 Å². The van der Waals surface area contributed by atoms with Crippen molar-refractivity contribution in [2.45, 2.75) is 12.8 Å². The highest BCUT2D eigenvalue weighted by atomic mass is 16.6. The lowest BCUT2D eigenvalue weighted by Gasteiger charge is -2.18. The zero-order valence-electron chi connectivity index (χ0n) is 14.3. The maximum absolute atomic E-state index is 12.3. The molecule has 2 aromatic rings. The van der Waals surface area contributed by atoms with E-state index in [2.05, 4.69) is 5.32 Å². The fraction of sp³-hybridized carbons (Fsp3) is 0.316. The summed E-state index contributed by atoms with van der Waals surface area (Å²) >= 11 is 0. The van der Waals surface area contributed by atoms with Gasteiger partial charge >= 0.3 is 0 Å². The summed E-state index contributed by atoms with van der Waals surface area (Å²) in [5.41, 5.74) is 1.62. The fourth-order valence-electron chi connectivity index (χ4n) is 2.63. The number of anilines is 1. The van der Waals surface area contributed by atoms with Crippen LogP contribution in [0.15, 0.2) is 36.4 Å². The second-order valence-corrected chi connectivity index (χ2v) is 5.59. The second kappa shape index (κ2) is 7.79. The maximum Gasteiger partial charge on any atom is 0.224 e. The van der Waals surface area contributed by atoms with Gasteiger partial charge in [0.05, 0.1) is 19.9 Å². The maximum atomic E-state index is 12.3. The van der Waals surface area contributed by atoms with E-state index in [-0.39, 0.29) is 5.91 Å². The van der Waals surface area contributed by atoms with Crippen molar-refractivity contribution >= 4 is 11.6 Å². The molecule has 6 nitrogen and oxygen atoms in total. The normalized spacial score (nSPS) is 12.4. The Labute approximate surface area is 146 Å². The molecule has 1 N–H and O–H groups in total. The van der Waals surface area contributed by atoms with Crippen LogP contribution < -0.4 is 24.3 Å². The smallest absolute Gasteiger partial charge is 0.224 e. The molecule has 0 radical (unpaired) electrons. The summed E-state index contributed by atoms with van der Waals surface area (Å²) in [6, 6.07) is 11.0. The number of fused-ring (bicyclic) bond motifs is 1. The summed E-state index contributed by atoms with van der Waals surface area (Å²) in [5.74, 6) is 2.64. The molecule has 2 aromatic carbocycles. The lowest BCUT2D eigenvalue weighted by Crippen LogP contribution is -2.16. The third-order valence-electron chi connectivity index (χ3n) is 3.93. The molecule has 1 aliphatic rings.